The Kier molecular flexibility index (Phi) is 11.3. The van der Waals surface area contributed by atoms with Gasteiger partial charge in [0.15, 0.2) is 0 Å². The fraction of sp³-hybridized carbons (Fsp3) is 0.192. The van der Waals surface area contributed by atoms with Gasteiger partial charge in [0.25, 0.3) is 0 Å². The maximum atomic E-state index is 14.0. The monoisotopic (exact) mass is 800 g/mol. The zero-order chi connectivity index (χ0) is 41.1. The van der Waals surface area contributed by atoms with Crippen LogP contribution in [0, 0.1) is 13.8 Å². The first-order valence-electron chi connectivity index (χ1n) is 20.2. The van der Waals surface area contributed by atoms with E-state index in [0.29, 0.717) is 50.9 Å². The van der Waals surface area contributed by atoms with Gasteiger partial charge in [-0.3, -0.25) is 0 Å². The molecule has 0 heterocycles. The van der Waals surface area contributed by atoms with E-state index in [0.717, 1.165) is 41.5 Å². The van der Waals surface area contributed by atoms with Crippen LogP contribution in [0.4, 0.5) is 0 Å². The molecule has 3 N–H and O–H groups in total. The van der Waals surface area contributed by atoms with E-state index in [1.54, 1.807) is 18.2 Å². The summed E-state index contributed by atoms with van der Waals surface area (Å²) in [7, 11) is -4.29. The second kappa shape index (κ2) is 16.9. The molecule has 0 amide bonds. The van der Waals surface area contributed by atoms with Crippen molar-refractivity contribution in [2.45, 2.75) is 70.1 Å². The normalized spacial score (nSPS) is 12.6. The molecule has 0 fully saturated rings. The molecule has 8 bridgehead atoms. The zero-order valence-corrected chi connectivity index (χ0v) is 34.2. The lowest BCUT2D eigenvalue weighted by Gasteiger charge is -2.21. The average Bonchev–Trinajstić information content (AvgIpc) is 3.23. The third kappa shape index (κ3) is 9.06. The summed E-state index contributed by atoms with van der Waals surface area (Å²) in [6, 6.07) is 44.4. The Labute approximate surface area is 347 Å². The van der Waals surface area contributed by atoms with E-state index in [2.05, 4.69) is 24.3 Å². The van der Waals surface area contributed by atoms with Crippen LogP contribution in [0.3, 0.4) is 0 Å². The Morgan fingerprint density at radius 3 is 1.12 bits per heavy atom. The molecule has 1 aliphatic carbocycles. The summed E-state index contributed by atoms with van der Waals surface area (Å²) in [5.74, 6) is 0.496. The molecule has 0 aromatic heterocycles. The summed E-state index contributed by atoms with van der Waals surface area (Å²) in [4.78, 5) is 0.0256. The highest BCUT2D eigenvalue weighted by Crippen LogP contribution is 2.40. The fourth-order valence-corrected chi connectivity index (χ4v) is 9.45. The van der Waals surface area contributed by atoms with Crippen molar-refractivity contribution in [3.8, 4) is 23.0 Å². The Balaban J connectivity index is 1.31. The van der Waals surface area contributed by atoms with E-state index >= 15 is 0 Å². The van der Waals surface area contributed by atoms with Gasteiger partial charge in [0.1, 0.15) is 27.9 Å². The summed E-state index contributed by atoms with van der Waals surface area (Å²) in [6.07, 6.45) is 3.87. The van der Waals surface area contributed by atoms with Gasteiger partial charge in [-0.1, -0.05) is 139 Å². The minimum atomic E-state index is -4.29. The van der Waals surface area contributed by atoms with Crippen molar-refractivity contribution in [1.82, 2.24) is 0 Å². The molecule has 0 radical (unpaired) electrons. The number of aromatic hydroxyl groups is 3. The van der Waals surface area contributed by atoms with Crippen LogP contribution < -0.4 is 4.18 Å². The number of benzene rings is 7. The molecular weight excluding hydrogens is 753 g/mol. The van der Waals surface area contributed by atoms with E-state index in [-0.39, 0.29) is 53.6 Å². The number of aryl methyl sites for hydroxylation is 6. The lowest BCUT2D eigenvalue weighted by Crippen LogP contribution is -2.14. The minimum Gasteiger partial charge on any atom is -0.507 e. The first kappa shape index (κ1) is 39.5. The Bertz CT molecular complexity index is 2640. The third-order valence-corrected chi connectivity index (χ3v) is 12.5. The molecule has 59 heavy (non-hydrogen) atoms. The van der Waals surface area contributed by atoms with Gasteiger partial charge in [0.2, 0.25) is 0 Å². The van der Waals surface area contributed by atoms with Gasteiger partial charge in [0, 0.05) is 36.8 Å². The first-order chi connectivity index (χ1) is 28.5. The lowest BCUT2D eigenvalue weighted by atomic mass is 9.88. The van der Waals surface area contributed by atoms with Gasteiger partial charge < -0.3 is 19.5 Å². The van der Waals surface area contributed by atoms with Crippen molar-refractivity contribution in [3.05, 3.63) is 217 Å². The van der Waals surface area contributed by atoms with Gasteiger partial charge in [-0.15, -0.1) is 0 Å². The van der Waals surface area contributed by atoms with E-state index < -0.39 is 10.1 Å². The van der Waals surface area contributed by atoms with Gasteiger partial charge in [0.05, 0.1) is 0 Å². The molecule has 0 saturated heterocycles. The molecule has 7 aromatic carbocycles. The van der Waals surface area contributed by atoms with Crippen LogP contribution in [0.15, 0.2) is 144 Å². The number of hydrogen-bond donors (Lipinski definition) is 3. The van der Waals surface area contributed by atoms with Crippen LogP contribution in [0.2, 0.25) is 0 Å². The van der Waals surface area contributed by atoms with Gasteiger partial charge in [-0.05, 0) is 107 Å². The molecule has 0 saturated carbocycles. The Morgan fingerprint density at radius 2 is 0.729 bits per heavy atom. The van der Waals surface area contributed by atoms with Crippen molar-refractivity contribution in [2.24, 2.45) is 0 Å². The molecule has 8 rings (SSSR count). The average molecular weight is 801 g/mol. The van der Waals surface area contributed by atoms with Crippen LogP contribution in [-0.2, 0) is 61.5 Å². The van der Waals surface area contributed by atoms with Crippen LogP contribution in [0.25, 0.3) is 0 Å². The quantitative estimate of drug-likeness (QED) is 0.126. The van der Waals surface area contributed by atoms with Gasteiger partial charge >= 0.3 is 10.1 Å². The van der Waals surface area contributed by atoms with Crippen LogP contribution >= 0.6 is 0 Å². The summed E-state index contributed by atoms with van der Waals surface area (Å²) in [6.45, 7) is 3.95. The third-order valence-electron chi connectivity index (χ3n) is 11.3. The molecule has 1 aliphatic rings. The van der Waals surface area contributed by atoms with Crippen molar-refractivity contribution in [3.63, 3.8) is 0 Å². The Morgan fingerprint density at radius 1 is 0.424 bits per heavy atom. The highest BCUT2D eigenvalue weighted by atomic mass is 32.2. The number of phenols is 3. The van der Waals surface area contributed by atoms with E-state index in [1.165, 1.54) is 23.3 Å². The van der Waals surface area contributed by atoms with Crippen molar-refractivity contribution < 1.29 is 27.9 Å². The molecule has 0 spiro atoms. The molecule has 7 aromatic rings. The van der Waals surface area contributed by atoms with E-state index in [1.807, 2.05) is 98.8 Å². The number of phenolic OH excluding ortho intramolecular Hbond substituents is 3. The highest BCUT2D eigenvalue weighted by Gasteiger charge is 2.26. The van der Waals surface area contributed by atoms with E-state index in [4.69, 9.17) is 4.18 Å². The topological polar surface area (TPSA) is 104 Å². The summed E-state index contributed by atoms with van der Waals surface area (Å²) >= 11 is 0. The largest absolute Gasteiger partial charge is 0.507 e. The smallest absolute Gasteiger partial charge is 0.339 e. The van der Waals surface area contributed by atoms with Crippen molar-refractivity contribution >= 4 is 10.1 Å². The first-order valence-corrected chi connectivity index (χ1v) is 21.6. The number of rotatable bonds is 9. The molecule has 0 atom stereocenters. The molecular formula is C52H48O6S. The van der Waals surface area contributed by atoms with Crippen LogP contribution in [0.1, 0.15) is 77.9 Å². The Hall–Kier alpha value is -6.31. The molecule has 6 nitrogen and oxygen atoms in total. The van der Waals surface area contributed by atoms with Crippen molar-refractivity contribution in [2.75, 3.05) is 0 Å². The predicted molar refractivity (Wildman–Crippen MR) is 233 cm³/mol. The van der Waals surface area contributed by atoms with E-state index in [9.17, 15) is 23.7 Å². The summed E-state index contributed by atoms with van der Waals surface area (Å²) in [5, 5.41) is 36.1. The van der Waals surface area contributed by atoms with Gasteiger partial charge in [-0.25, -0.2) is 0 Å². The number of fused-ring (bicyclic) bond motifs is 8. The molecule has 0 aliphatic heterocycles. The van der Waals surface area contributed by atoms with Crippen molar-refractivity contribution in [1.29, 1.82) is 0 Å². The maximum absolute atomic E-state index is 14.0. The minimum absolute atomic E-state index is 0.0256. The highest BCUT2D eigenvalue weighted by molar-refractivity contribution is 7.87. The predicted octanol–water partition coefficient (Wildman–Crippen LogP) is 10.4. The second-order valence-electron chi connectivity index (χ2n) is 15.9. The summed E-state index contributed by atoms with van der Waals surface area (Å²) < 4.78 is 34.3. The SMILES string of the molecule is Cc1cc2c(O)c(c1)Cc1cc(CCc3ccccc3)cc(c1OS(=O)(=O)c1ccccc1)Cc1cc(C)cc(c1O)Cc1cc(CCc3ccccc3)cc(c1O)C2. The van der Waals surface area contributed by atoms with Gasteiger partial charge in [-0.2, -0.15) is 8.42 Å². The lowest BCUT2D eigenvalue weighted by molar-refractivity contribution is 0.453. The molecule has 7 heteroatoms. The van der Waals surface area contributed by atoms with Crippen LogP contribution in [0.5, 0.6) is 23.0 Å². The van der Waals surface area contributed by atoms with Crippen LogP contribution in [-0.4, -0.2) is 23.7 Å². The number of hydrogen-bond acceptors (Lipinski definition) is 6. The zero-order valence-electron chi connectivity index (χ0n) is 33.4. The summed E-state index contributed by atoms with van der Waals surface area (Å²) in [5.41, 5.74) is 11.3. The standard InChI is InChI=1S/C52H48O6S/c1-34-22-40-30-44-26-38(20-18-36-12-6-3-7-13-36)27-45(51(44)55)31-41-23-35(2)25-43(50(41)54)33-47-29-39(21-19-37-14-8-4-9-15-37)28-46(32-42(24-34)49(40)53)52(47)58-59(56,57)48-16-10-5-11-17-48/h3-17,22-29,53-55H,18-21,30-33H2,1-2H3. The molecule has 0 unspecified atom stereocenters. The second-order valence-corrected chi connectivity index (χ2v) is 17.4. The maximum Gasteiger partial charge on any atom is 0.339 e. The molecule has 298 valence electrons. The fourth-order valence-electron chi connectivity index (χ4n) is 8.43.